The smallest absolute Gasteiger partial charge is 0.219 e. The molecular weight excluding hydrogens is 264 g/mol. The molecule has 0 radical (unpaired) electrons. The van der Waals surface area contributed by atoms with Gasteiger partial charge in [-0.2, -0.15) is 0 Å². The minimum absolute atomic E-state index is 0.0287. The summed E-state index contributed by atoms with van der Waals surface area (Å²) >= 11 is 0. The summed E-state index contributed by atoms with van der Waals surface area (Å²) < 4.78 is 5.83. The molecule has 0 rings (SSSR count). The summed E-state index contributed by atoms with van der Waals surface area (Å²) in [5, 5.41) is 6.27. The van der Waals surface area contributed by atoms with E-state index in [1.807, 2.05) is 20.8 Å². The van der Waals surface area contributed by atoms with Crippen molar-refractivity contribution in [1.29, 1.82) is 0 Å². The molecule has 0 aromatic heterocycles. The summed E-state index contributed by atoms with van der Waals surface area (Å²) in [6.45, 7) is 20.6. The molecule has 0 saturated carbocycles. The van der Waals surface area contributed by atoms with Gasteiger partial charge in [-0.3, -0.25) is 4.79 Å². The Labute approximate surface area is 132 Å². The minimum atomic E-state index is -0.0287. The Morgan fingerprint density at radius 1 is 0.952 bits per heavy atom. The molecule has 0 aromatic rings. The first-order chi connectivity index (χ1) is 9.72. The SMILES string of the molecule is CC.CCNCC(C)(C)COCC(C)(C)CNC(=O)CC. The van der Waals surface area contributed by atoms with E-state index in [2.05, 4.69) is 45.3 Å². The van der Waals surface area contributed by atoms with Gasteiger partial charge in [-0.1, -0.05) is 55.4 Å². The molecule has 1 amide bonds. The summed E-state index contributed by atoms with van der Waals surface area (Å²) in [5.74, 6) is 0.0977. The maximum Gasteiger partial charge on any atom is 0.219 e. The second kappa shape index (κ2) is 12.0. The van der Waals surface area contributed by atoms with E-state index < -0.39 is 0 Å². The Balaban J connectivity index is 0. The fraction of sp³-hybridized carbons (Fsp3) is 0.941. The topological polar surface area (TPSA) is 50.4 Å². The van der Waals surface area contributed by atoms with Crippen LogP contribution in [0.2, 0.25) is 0 Å². The number of carbonyl (C=O) groups is 1. The van der Waals surface area contributed by atoms with Crippen molar-refractivity contribution in [2.75, 3.05) is 32.8 Å². The molecule has 0 spiro atoms. The van der Waals surface area contributed by atoms with Gasteiger partial charge in [0.25, 0.3) is 0 Å². The zero-order valence-electron chi connectivity index (χ0n) is 15.6. The second-order valence-corrected chi connectivity index (χ2v) is 6.73. The fourth-order valence-electron chi connectivity index (χ4n) is 1.63. The molecule has 0 saturated heterocycles. The molecular formula is C17H38N2O2. The summed E-state index contributed by atoms with van der Waals surface area (Å²) in [4.78, 5) is 11.2. The van der Waals surface area contributed by atoms with Crippen LogP contribution in [0, 0.1) is 10.8 Å². The van der Waals surface area contributed by atoms with Crippen LogP contribution >= 0.6 is 0 Å². The Morgan fingerprint density at radius 2 is 1.43 bits per heavy atom. The Hall–Kier alpha value is -0.610. The van der Waals surface area contributed by atoms with Crippen molar-refractivity contribution in [3.8, 4) is 0 Å². The van der Waals surface area contributed by atoms with Crippen molar-refractivity contribution in [2.24, 2.45) is 10.8 Å². The average Bonchev–Trinajstić information content (AvgIpc) is 2.44. The van der Waals surface area contributed by atoms with Gasteiger partial charge < -0.3 is 15.4 Å². The first-order valence-electron chi connectivity index (χ1n) is 8.27. The lowest BCUT2D eigenvalue weighted by molar-refractivity contribution is -0.121. The third kappa shape index (κ3) is 14.1. The zero-order valence-corrected chi connectivity index (χ0v) is 15.6. The minimum Gasteiger partial charge on any atom is -0.380 e. The Bertz CT molecular complexity index is 264. The van der Waals surface area contributed by atoms with Crippen molar-refractivity contribution in [3.63, 3.8) is 0 Å². The predicted octanol–water partition coefficient (Wildman–Crippen LogP) is 3.22. The van der Waals surface area contributed by atoms with Crippen molar-refractivity contribution in [1.82, 2.24) is 10.6 Å². The van der Waals surface area contributed by atoms with E-state index in [1.165, 1.54) is 0 Å². The van der Waals surface area contributed by atoms with Gasteiger partial charge in [0.05, 0.1) is 13.2 Å². The third-order valence-electron chi connectivity index (χ3n) is 2.92. The normalized spacial score (nSPS) is 11.6. The lowest BCUT2D eigenvalue weighted by Crippen LogP contribution is -2.38. The monoisotopic (exact) mass is 302 g/mol. The van der Waals surface area contributed by atoms with E-state index >= 15 is 0 Å². The number of carbonyl (C=O) groups excluding carboxylic acids is 1. The fourth-order valence-corrected chi connectivity index (χ4v) is 1.63. The van der Waals surface area contributed by atoms with Crippen LogP contribution in [0.4, 0.5) is 0 Å². The molecule has 0 unspecified atom stereocenters. The Kier molecular flexibility index (Phi) is 12.9. The molecule has 4 nitrogen and oxygen atoms in total. The molecule has 0 fully saturated rings. The highest BCUT2D eigenvalue weighted by atomic mass is 16.5. The number of rotatable bonds is 10. The number of nitrogens with one attached hydrogen (secondary N) is 2. The quantitative estimate of drug-likeness (QED) is 0.651. The molecule has 2 N–H and O–H groups in total. The number of amides is 1. The van der Waals surface area contributed by atoms with Crippen molar-refractivity contribution in [3.05, 3.63) is 0 Å². The van der Waals surface area contributed by atoms with Gasteiger partial charge in [-0.05, 0) is 6.54 Å². The summed E-state index contributed by atoms with van der Waals surface area (Å²) in [6, 6.07) is 0. The molecule has 128 valence electrons. The van der Waals surface area contributed by atoms with Crippen LogP contribution in [-0.4, -0.2) is 38.8 Å². The van der Waals surface area contributed by atoms with Crippen molar-refractivity contribution >= 4 is 5.91 Å². The van der Waals surface area contributed by atoms with Crippen LogP contribution in [0.3, 0.4) is 0 Å². The standard InChI is InChI=1S/C15H32N2O2.C2H6/c1-7-13(18)17-10-15(5,6)12-19-11-14(3,4)9-16-8-2;1-2/h16H,7-12H2,1-6H3,(H,17,18);1-2H3. The predicted molar refractivity (Wildman–Crippen MR) is 91.6 cm³/mol. The zero-order chi connectivity index (χ0) is 16.9. The maximum absolute atomic E-state index is 11.2. The molecule has 0 heterocycles. The lowest BCUT2D eigenvalue weighted by Gasteiger charge is -2.29. The van der Waals surface area contributed by atoms with Crippen LogP contribution in [0.1, 0.15) is 61.8 Å². The van der Waals surface area contributed by atoms with Crippen molar-refractivity contribution < 1.29 is 9.53 Å². The maximum atomic E-state index is 11.2. The molecule has 0 aliphatic rings. The van der Waals surface area contributed by atoms with Gasteiger partial charge in [-0.25, -0.2) is 0 Å². The van der Waals surface area contributed by atoms with Gasteiger partial charge in [0.2, 0.25) is 5.91 Å². The summed E-state index contributed by atoms with van der Waals surface area (Å²) in [5.41, 5.74) is 0.109. The number of hydrogen-bond acceptors (Lipinski definition) is 3. The molecule has 4 heteroatoms. The van der Waals surface area contributed by atoms with Crippen LogP contribution < -0.4 is 10.6 Å². The average molecular weight is 303 g/mol. The van der Waals surface area contributed by atoms with E-state index in [1.54, 1.807) is 0 Å². The highest BCUT2D eigenvalue weighted by Crippen LogP contribution is 2.18. The van der Waals surface area contributed by atoms with Crippen LogP contribution in [0.5, 0.6) is 0 Å². The van der Waals surface area contributed by atoms with Crippen LogP contribution in [-0.2, 0) is 9.53 Å². The molecule has 0 aromatic carbocycles. The summed E-state index contributed by atoms with van der Waals surface area (Å²) in [6.07, 6.45) is 0.534. The van der Waals surface area contributed by atoms with Crippen LogP contribution in [0.15, 0.2) is 0 Å². The first kappa shape index (κ1) is 22.7. The number of ether oxygens (including phenoxy) is 1. The van der Waals surface area contributed by atoms with E-state index in [0.717, 1.165) is 19.7 Å². The van der Waals surface area contributed by atoms with Gasteiger partial charge in [0.15, 0.2) is 0 Å². The largest absolute Gasteiger partial charge is 0.380 e. The van der Waals surface area contributed by atoms with E-state index in [-0.39, 0.29) is 16.7 Å². The molecule has 0 aliphatic carbocycles. The molecule has 0 atom stereocenters. The Morgan fingerprint density at radius 3 is 1.86 bits per heavy atom. The highest BCUT2D eigenvalue weighted by molar-refractivity contribution is 5.75. The van der Waals surface area contributed by atoms with E-state index in [9.17, 15) is 4.79 Å². The lowest BCUT2D eigenvalue weighted by atomic mass is 9.93. The molecule has 21 heavy (non-hydrogen) atoms. The second-order valence-electron chi connectivity index (χ2n) is 6.73. The first-order valence-corrected chi connectivity index (χ1v) is 8.27. The molecule has 0 bridgehead atoms. The van der Waals surface area contributed by atoms with Crippen LogP contribution in [0.25, 0.3) is 0 Å². The van der Waals surface area contributed by atoms with E-state index in [0.29, 0.717) is 19.6 Å². The summed E-state index contributed by atoms with van der Waals surface area (Å²) in [7, 11) is 0. The third-order valence-corrected chi connectivity index (χ3v) is 2.92. The van der Waals surface area contributed by atoms with E-state index in [4.69, 9.17) is 4.74 Å². The highest BCUT2D eigenvalue weighted by Gasteiger charge is 2.22. The van der Waals surface area contributed by atoms with Gasteiger partial charge in [-0.15, -0.1) is 0 Å². The van der Waals surface area contributed by atoms with Gasteiger partial charge in [0, 0.05) is 30.3 Å². The van der Waals surface area contributed by atoms with Gasteiger partial charge in [0.1, 0.15) is 0 Å². The van der Waals surface area contributed by atoms with Gasteiger partial charge >= 0.3 is 0 Å². The van der Waals surface area contributed by atoms with Crippen molar-refractivity contribution in [2.45, 2.75) is 61.8 Å². The number of hydrogen-bond donors (Lipinski definition) is 2. The molecule has 0 aliphatic heterocycles.